The third-order valence-electron chi connectivity index (χ3n) is 6.72. The van der Waals surface area contributed by atoms with Crippen LogP contribution in [-0.4, -0.2) is 65.3 Å². The van der Waals surface area contributed by atoms with Gasteiger partial charge in [-0.05, 0) is 45.0 Å². The molecule has 2 aromatic carbocycles. The van der Waals surface area contributed by atoms with Crippen molar-refractivity contribution in [3.8, 4) is 11.4 Å². The van der Waals surface area contributed by atoms with Crippen molar-refractivity contribution in [2.45, 2.75) is 45.9 Å². The molecule has 0 saturated carbocycles. The molecule has 2 amide bonds. The van der Waals surface area contributed by atoms with E-state index in [1.54, 1.807) is 36.1 Å². The number of hydrogen-bond donors (Lipinski definition) is 1. The fourth-order valence-electron chi connectivity index (χ4n) is 5.01. The average molecular weight is 516 g/mol. The van der Waals surface area contributed by atoms with Gasteiger partial charge in [0, 0.05) is 42.9 Å². The van der Waals surface area contributed by atoms with Crippen LogP contribution in [0.4, 0.5) is 16.3 Å². The molecule has 5 rings (SSSR count). The molecule has 9 heteroatoms. The van der Waals surface area contributed by atoms with Gasteiger partial charge in [0.05, 0.1) is 36.6 Å². The number of fused-ring (bicyclic) bond motifs is 1. The second-order valence-electron chi connectivity index (χ2n) is 9.72. The van der Waals surface area contributed by atoms with Gasteiger partial charge in [0.2, 0.25) is 0 Å². The van der Waals surface area contributed by atoms with E-state index in [1.807, 2.05) is 30.3 Å². The van der Waals surface area contributed by atoms with Crippen LogP contribution in [0.2, 0.25) is 0 Å². The van der Waals surface area contributed by atoms with E-state index >= 15 is 0 Å². The normalized spacial score (nSPS) is 19.0. The molecule has 9 nitrogen and oxygen atoms in total. The minimum absolute atomic E-state index is 0.0742. The largest absolute Gasteiger partial charge is 0.462 e. The molecule has 198 valence electrons. The number of anilines is 2. The van der Waals surface area contributed by atoms with Crippen LogP contribution in [0.5, 0.6) is 0 Å². The minimum Gasteiger partial charge on any atom is -0.462 e. The molecule has 1 aromatic heterocycles. The first-order valence-corrected chi connectivity index (χ1v) is 13.1. The second kappa shape index (κ2) is 11.2. The number of amides is 2. The molecule has 1 N–H and O–H groups in total. The molecule has 0 aliphatic carbocycles. The van der Waals surface area contributed by atoms with Crippen LogP contribution < -0.4 is 10.2 Å². The van der Waals surface area contributed by atoms with E-state index in [9.17, 15) is 9.59 Å². The van der Waals surface area contributed by atoms with Gasteiger partial charge in [-0.1, -0.05) is 30.3 Å². The monoisotopic (exact) mass is 515 g/mol. The van der Waals surface area contributed by atoms with Crippen LogP contribution in [-0.2, 0) is 22.4 Å². The summed E-state index contributed by atoms with van der Waals surface area (Å²) in [5.74, 6) is 1.19. The highest BCUT2D eigenvalue weighted by Crippen LogP contribution is 2.31. The quantitative estimate of drug-likeness (QED) is 0.499. The van der Waals surface area contributed by atoms with Gasteiger partial charge in [-0.3, -0.25) is 0 Å². The van der Waals surface area contributed by atoms with Crippen LogP contribution in [0.25, 0.3) is 11.4 Å². The summed E-state index contributed by atoms with van der Waals surface area (Å²) in [6.45, 7) is 8.62. The van der Waals surface area contributed by atoms with E-state index in [1.165, 1.54) is 0 Å². The number of rotatable bonds is 5. The summed E-state index contributed by atoms with van der Waals surface area (Å²) in [5.41, 5.74) is 3.98. The third kappa shape index (κ3) is 5.62. The summed E-state index contributed by atoms with van der Waals surface area (Å²) in [5, 5.41) is 2.95. The zero-order valence-corrected chi connectivity index (χ0v) is 22.0. The van der Waals surface area contributed by atoms with E-state index in [4.69, 9.17) is 19.4 Å². The lowest BCUT2D eigenvalue weighted by molar-refractivity contribution is -0.00556. The van der Waals surface area contributed by atoms with Gasteiger partial charge in [0.25, 0.3) is 0 Å². The first-order valence-electron chi connectivity index (χ1n) is 13.1. The Morgan fingerprint density at radius 2 is 1.74 bits per heavy atom. The smallest absolute Gasteiger partial charge is 0.338 e. The van der Waals surface area contributed by atoms with Crippen molar-refractivity contribution in [2.75, 3.05) is 36.5 Å². The molecule has 0 bridgehead atoms. The molecule has 3 aromatic rings. The number of urea groups is 1. The standard InChI is InChI=1S/C29H33N5O4/c1-4-37-28(35)22-10-12-23(13-11-22)30-29(36)33-15-14-25-24(18-33)27(34-16-19(2)38-20(3)17-34)32-26(31-25)21-8-6-5-7-9-21/h5-13,19-20H,4,14-18H2,1-3H3,(H,30,36)/t19-,20+. The number of morpholine rings is 1. The first kappa shape index (κ1) is 25.7. The Morgan fingerprint density at radius 3 is 2.42 bits per heavy atom. The van der Waals surface area contributed by atoms with Gasteiger partial charge >= 0.3 is 12.0 Å². The van der Waals surface area contributed by atoms with Crippen LogP contribution in [0, 0.1) is 0 Å². The van der Waals surface area contributed by atoms with Crippen molar-refractivity contribution in [3.63, 3.8) is 0 Å². The molecule has 2 aliphatic rings. The zero-order valence-electron chi connectivity index (χ0n) is 22.0. The van der Waals surface area contributed by atoms with Crippen molar-refractivity contribution in [2.24, 2.45) is 0 Å². The molecule has 0 radical (unpaired) electrons. The molecule has 0 unspecified atom stereocenters. The SMILES string of the molecule is CCOC(=O)c1ccc(NC(=O)N2CCc3nc(-c4ccccc4)nc(N4C[C@@H](C)O[C@@H](C)C4)c3C2)cc1. The predicted molar refractivity (Wildman–Crippen MR) is 145 cm³/mol. The molecule has 1 fully saturated rings. The molecule has 1 saturated heterocycles. The van der Waals surface area contributed by atoms with Crippen LogP contribution in [0.1, 0.15) is 42.4 Å². The molecule has 2 aliphatic heterocycles. The summed E-state index contributed by atoms with van der Waals surface area (Å²) < 4.78 is 11.0. The third-order valence-corrected chi connectivity index (χ3v) is 6.72. The number of carbonyl (C=O) groups is 2. The predicted octanol–water partition coefficient (Wildman–Crippen LogP) is 4.52. The first-order chi connectivity index (χ1) is 18.4. The Balaban J connectivity index is 1.39. The van der Waals surface area contributed by atoms with Gasteiger partial charge in [-0.15, -0.1) is 0 Å². The van der Waals surface area contributed by atoms with Gasteiger partial charge < -0.3 is 24.6 Å². The number of ether oxygens (including phenoxy) is 2. The summed E-state index contributed by atoms with van der Waals surface area (Å²) in [6.07, 6.45) is 0.783. The lowest BCUT2D eigenvalue weighted by Crippen LogP contribution is -2.47. The number of aromatic nitrogens is 2. The summed E-state index contributed by atoms with van der Waals surface area (Å²) in [7, 11) is 0. The molecule has 3 heterocycles. The molecular formula is C29H33N5O4. The van der Waals surface area contributed by atoms with Crippen molar-refractivity contribution in [3.05, 3.63) is 71.4 Å². The van der Waals surface area contributed by atoms with E-state index in [0.29, 0.717) is 43.2 Å². The van der Waals surface area contributed by atoms with Crippen LogP contribution in [0.3, 0.4) is 0 Å². The lowest BCUT2D eigenvalue weighted by atomic mass is 10.0. The highest BCUT2D eigenvalue weighted by atomic mass is 16.5. The fraction of sp³-hybridized carbons (Fsp3) is 0.379. The van der Waals surface area contributed by atoms with Gasteiger partial charge in [-0.2, -0.15) is 0 Å². The van der Waals surface area contributed by atoms with E-state index in [0.717, 1.165) is 35.7 Å². The Kier molecular flexibility index (Phi) is 7.55. The second-order valence-corrected chi connectivity index (χ2v) is 9.72. The highest BCUT2D eigenvalue weighted by Gasteiger charge is 2.31. The highest BCUT2D eigenvalue weighted by molar-refractivity contribution is 5.92. The van der Waals surface area contributed by atoms with Crippen molar-refractivity contribution in [1.29, 1.82) is 0 Å². The zero-order chi connectivity index (χ0) is 26.6. The van der Waals surface area contributed by atoms with Gasteiger partial charge in [0.1, 0.15) is 5.82 Å². The van der Waals surface area contributed by atoms with E-state index in [2.05, 4.69) is 24.1 Å². The number of nitrogens with one attached hydrogen (secondary N) is 1. The minimum atomic E-state index is -0.382. The Morgan fingerprint density at radius 1 is 1.03 bits per heavy atom. The van der Waals surface area contributed by atoms with Crippen molar-refractivity contribution in [1.82, 2.24) is 14.9 Å². The molecule has 0 spiro atoms. The fourth-order valence-corrected chi connectivity index (χ4v) is 5.01. The van der Waals surface area contributed by atoms with E-state index < -0.39 is 0 Å². The van der Waals surface area contributed by atoms with Crippen LogP contribution >= 0.6 is 0 Å². The topological polar surface area (TPSA) is 96.9 Å². The van der Waals surface area contributed by atoms with Crippen molar-refractivity contribution >= 4 is 23.5 Å². The number of benzene rings is 2. The van der Waals surface area contributed by atoms with E-state index in [-0.39, 0.29) is 24.2 Å². The molecule has 2 atom stereocenters. The number of nitrogens with zero attached hydrogens (tertiary/aromatic N) is 4. The lowest BCUT2D eigenvalue weighted by Gasteiger charge is -2.39. The Hall–Kier alpha value is -3.98. The maximum absolute atomic E-state index is 13.2. The average Bonchev–Trinajstić information content (AvgIpc) is 2.92. The maximum Gasteiger partial charge on any atom is 0.338 e. The Labute approximate surface area is 222 Å². The van der Waals surface area contributed by atoms with Crippen LogP contribution in [0.15, 0.2) is 54.6 Å². The molecule has 38 heavy (non-hydrogen) atoms. The van der Waals surface area contributed by atoms with Gasteiger partial charge in [-0.25, -0.2) is 19.6 Å². The molecular weight excluding hydrogens is 482 g/mol. The van der Waals surface area contributed by atoms with Crippen molar-refractivity contribution < 1.29 is 19.1 Å². The number of esters is 1. The maximum atomic E-state index is 13.2. The number of carbonyl (C=O) groups excluding carboxylic acids is 2. The summed E-state index contributed by atoms with van der Waals surface area (Å²) >= 11 is 0. The Bertz CT molecular complexity index is 1290. The summed E-state index contributed by atoms with van der Waals surface area (Å²) in [4.78, 5) is 39.1. The van der Waals surface area contributed by atoms with Gasteiger partial charge in [0.15, 0.2) is 5.82 Å². The number of hydrogen-bond acceptors (Lipinski definition) is 7. The summed E-state index contributed by atoms with van der Waals surface area (Å²) in [6, 6.07) is 16.5.